The van der Waals surface area contributed by atoms with E-state index in [-0.39, 0.29) is 40.0 Å². The molecule has 0 aliphatic heterocycles. The molecule has 0 saturated carbocycles. The highest BCUT2D eigenvalue weighted by atomic mass is 32.2. The number of anilines is 1. The van der Waals surface area contributed by atoms with Gasteiger partial charge in [0.1, 0.15) is 9.88 Å². The van der Waals surface area contributed by atoms with E-state index in [1.807, 2.05) is 0 Å². The second-order valence-corrected chi connectivity index (χ2v) is 7.88. The molecule has 160 valence electrons. The number of carboxylic acids is 1. The van der Waals surface area contributed by atoms with Crippen LogP contribution in [0.25, 0.3) is 0 Å². The predicted molar refractivity (Wildman–Crippen MR) is 114 cm³/mol. The van der Waals surface area contributed by atoms with Crippen molar-refractivity contribution >= 4 is 51.9 Å². The van der Waals surface area contributed by atoms with E-state index in [1.165, 1.54) is 6.07 Å². The van der Waals surface area contributed by atoms with E-state index in [2.05, 4.69) is 5.32 Å². The van der Waals surface area contributed by atoms with Gasteiger partial charge in [-0.3, -0.25) is 4.79 Å². The Hall–Kier alpha value is -2.85. The summed E-state index contributed by atoms with van der Waals surface area (Å²) in [7, 11) is 0. The zero-order valence-electron chi connectivity index (χ0n) is 16.6. The fourth-order valence-electron chi connectivity index (χ4n) is 2.52. The third kappa shape index (κ3) is 5.61. The maximum Gasteiger partial charge on any atom is 0.348 e. The molecule has 30 heavy (non-hydrogen) atoms. The van der Waals surface area contributed by atoms with Crippen LogP contribution in [0.4, 0.5) is 5.00 Å². The van der Waals surface area contributed by atoms with Gasteiger partial charge in [0.2, 0.25) is 5.91 Å². The Kier molecular flexibility index (Phi) is 8.43. The number of thioether (sulfide) groups is 1. The van der Waals surface area contributed by atoms with Crippen LogP contribution in [0, 0.1) is 6.92 Å². The van der Waals surface area contributed by atoms with E-state index in [0.717, 1.165) is 23.1 Å². The quantitative estimate of drug-likeness (QED) is 0.436. The van der Waals surface area contributed by atoms with E-state index in [1.54, 1.807) is 39.0 Å². The van der Waals surface area contributed by atoms with Gasteiger partial charge in [-0.25, -0.2) is 14.4 Å². The number of carboxylic acid groups (broad SMARTS) is 1. The van der Waals surface area contributed by atoms with Crippen LogP contribution < -0.4 is 5.32 Å². The zero-order chi connectivity index (χ0) is 22.3. The minimum absolute atomic E-state index is 0.0851. The van der Waals surface area contributed by atoms with Crippen molar-refractivity contribution in [2.75, 3.05) is 24.3 Å². The summed E-state index contributed by atoms with van der Waals surface area (Å²) in [5.41, 5.74) is 0.573. The third-order valence-corrected chi connectivity index (χ3v) is 6.08. The van der Waals surface area contributed by atoms with Gasteiger partial charge < -0.3 is 19.9 Å². The van der Waals surface area contributed by atoms with E-state index >= 15 is 0 Å². The van der Waals surface area contributed by atoms with Gasteiger partial charge in [-0.05, 0) is 38.5 Å². The molecule has 2 rings (SSSR count). The molecule has 0 unspecified atom stereocenters. The molecule has 0 bridgehead atoms. The fourth-order valence-corrected chi connectivity index (χ4v) is 4.47. The van der Waals surface area contributed by atoms with Crippen molar-refractivity contribution in [2.24, 2.45) is 0 Å². The molecule has 2 N–H and O–H groups in total. The van der Waals surface area contributed by atoms with Gasteiger partial charge in [0.15, 0.2) is 0 Å². The Morgan fingerprint density at radius 1 is 1.07 bits per heavy atom. The average molecular weight is 452 g/mol. The summed E-state index contributed by atoms with van der Waals surface area (Å²) in [6.07, 6.45) is 0. The monoisotopic (exact) mass is 451 g/mol. The third-order valence-electron chi connectivity index (χ3n) is 3.82. The molecule has 0 atom stereocenters. The Morgan fingerprint density at radius 3 is 2.33 bits per heavy atom. The second kappa shape index (κ2) is 10.8. The second-order valence-electron chi connectivity index (χ2n) is 5.84. The average Bonchev–Trinajstić information content (AvgIpc) is 3.02. The van der Waals surface area contributed by atoms with Gasteiger partial charge in [-0.15, -0.1) is 23.1 Å². The number of esters is 2. The van der Waals surface area contributed by atoms with Crippen molar-refractivity contribution < 1.29 is 33.8 Å². The van der Waals surface area contributed by atoms with Gasteiger partial charge in [0.05, 0.1) is 30.1 Å². The Balaban J connectivity index is 2.23. The smallest absolute Gasteiger partial charge is 0.348 e. The Bertz CT molecular complexity index is 968. The molecule has 0 fully saturated rings. The predicted octanol–water partition coefficient (Wildman–Crippen LogP) is 3.84. The molecule has 2 aromatic rings. The standard InChI is InChI=1S/C20H21NO7S2/c1-4-27-19(25)15-11(3)16(20(26)28-5-2)30-17(15)21-14(22)10-29-13-9-7-6-8-12(13)18(23)24/h6-9H,4-5,10H2,1-3H3,(H,21,22)(H,23,24). The van der Waals surface area contributed by atoms with Gasteiger partial charge in [0.25, 0.3) is 0 Å². The molecule has 1 aromatic heterocycles. The van der Waals surface area contributed by atoms with Crippen molar-refractivity contribution in [2.45, 2.75) is 25.7 Å². The number of benzene rings is 1. The molecule has 0 radical (unpaired) electrons. The fraction of sp³-hybridized carbons (Fsp3) is 0.300. The highest BCUT2D eigenvalue weighted by molar-refractivity contribution is 8.00. The minimum atomic E-state index is -1.09. The first-order chi connectivity index (χ1) is 14.3. The number of nitrogens with one attached hydrogen (secondary N) is 1. The molecule has 0 spiro atoms. The normalized spacial score (nSPS) is 10.4. The zero-order valence-corrected chi connectivity index (χ0v) is 18.3. The van der Waals surface area contributed by atoms with Crippen molar-refractivity contribution in [1.82, 2.24) is 0 Å². The van der Waals surface area contributed by atoms with Crippen LogP contribution in [0.2, 0.25) is 0 Å². The number of carbonyl (C=O) groups is 4. The van der Waals surface area contributed by atoms with Crippen LogP contribution in [0.15, 0.2) is 29.2 Å². The topological polar surface area (TPSA) is 119 Å². The molecule has 10 heteroatoms. The summed E-state index contributed by atoms with van der Waals surface area (Å²) in [6.45, 7) is 5.22. The summed E-state index contributed by atoms with van der Waals surface area (Å²) < 4.78 is 10.1. The molecule has 0 aliphatic carbocycles. The first-order valence-corrected chi connectivity index (χ1v) is 10.8. The Morgan fingerprint density at radius 2 is 1.70 bits per heavy atom. The number of hydrogen-bond acceptors (Lipinski definition) is 8. The maximum absolute atomic E-state index is 12.5. The van der Waals surface area contributed by atoms with E-state index < -0.39 is 23.8 Å². The van der Waals surface area contributed by atoms with Crippen LogP contribution >= 0.6 is 23.1 Å². The van der Waals surface area contributed by atoms with Gasteiger partial charge >= 0.3 is 17.9 Å². The van der Waals surface area contributed by atoms with Crippen molar-refractivity contribution in [1.29, 1.82) is 0 Å². The van der Waals surface area contributed by atoms with Crippen LogP contribution in [0.1, 0.15) is 49.8 Å². The molecule has 0 saturated heterocycles. The van der Waals surface area contributed by atoms with Crippen molar-refractivity contribution in [3.8, 4) is 0 Å². The van der Waals surface area contributed by atoms with E-state index in [4.69, 9.17) is 9.47 Å². The number of thiophene rings is 1. The maximum atomic E-state index is 12.5. The number of amides is 1. The van der Waals surface area contributed by atoms with Crippen LogP contribution in [0.5, 0.6) is 0 Å². The number of hydrogen-bond donors (Lipinski definition) is 2. The lowest BCUT2D eigenvalue weighted by atomic mass is 10.1. The molecule has 8 nitrogen and oxygen atoms in total. The van der Waals surface area contributed by atoms with Crippen LogP contribution in [0.3, 0.4) is 0 Å². The van der Waals surface area contributed by atoms with Crippen molar-refractivity contribution in [3.05, 3.63) is 45.8 Å². The summed E-state index contributed by atoms with van der Waals surface area (Å²) in [5, 5.41) is 12.1. The lowest BCUT2D eigenvalue weighted by Crippen LogP contribution is -2.16. The highest BCUT2D eigenvalue weighted by Crippen LogP contribution is 2.34. The summed E-state index contributed by atoms with van der Waals surface area (Å²) in [4.78, 5) is 49.0. The van der Waals surface area contributed by atoms with Crippen LogP contribution in [-0.4, -0.2) is 47.9 Å². The number of ether oxygens (including phenoxy) is 2. The van der Waals surface area contributed by atoms with Crippen molar-refractivity contribution in [3.63, 3.8) is 0 Å². The van der Waals surface area contributed by atoms with E-state index in [0.29, 0.717) is 10.5 Å². The molecule has 1 amide bonds. The van der Waals surface area contributed by atoms with Gasteiger partial charge in [-0.2, -0.15) is 0 Å². The van der Waals surface area contributed by atoms with E-state index in [9.17, 15) is 24.3 Å². The number of carbonyl (C=O) groups excluding carboxylic acids is 3. The SMILES string of the molecule is CCOC(=O)c1sc(NC(=O)CSc2ccccc2C(=O)O)c(C(=O)OCC)c1C. The van der Waals surface area contributed by atoms with Crippen LogP contribution in [-0.2, 0) is 14.3 Å². The highest BCUT2D eigenvalue weighted by Gasteiger charge is 2.27. The number of rotatable bonds is 9. The molecular formula is C20H21NO7S2. The summed E-state index contributed by atoms with van der Waals surface area (Å²) >= 11 is 1.99. The first kappa shape index (κ1) is 23.4. The molecule has 0 aliphatic rings. The molecule has 1 heterocycles. The summed E-state index contributed by atoms with van der Waals surface area (Å²) in [6, 6.07) is 6.35. The Labute approximate surface area is 181 Å². The first-order valence-electron chi connectivity index (χ1n) is 9.02. The molecule has 1 aromatic carbocycles. The largest absolute Gasteiger partial charge is 0.478 e. The lowest BCUT2D eigenvalue weighted by Gasteiger charge is -2.08. The number of aromatic carboxylic acids is 1. The molecular weight excluding hydrogens is 430 g/mol. The van der Waals surface area contributed by atoms with Gasteiger partial charge in [0, 0.05) is 4.90 Å². The minimum Gasteiger partial charge on any atom is -0.478 e. The van der Waals surface area contributed by atoms with Gasteiger partial charge in [-0.1, -0.05) is 12.1 Å². The summed E-state index contributed by atoms with van der Waals surface area (Å²) in [5.74, 6) is -2.87. The lowest BCUT2D eigenvalue weighted by molar-refractivity contribution is -0.113.